The third-order valence-electron chi connectivity index (χ3n) is 3.37. The molecule has 0 fully saturated rings. The number of carboxylic acids is 1. The standard InChI is InChI=1S/C16H9ClF2O3S/c1-22-14-10(17)5-4-9(13(14)19)12-8-3-2-7(18)6-11(8)23-15(12)16(20)21/h2-6H,1H3,(H,20,21). The molecule has 3 aromatic rings. The second kappa shape index (κ2) is 5.79. The van der Waals surface area contributed by atoms with Crippen LogP contribution >= 0.6 is 22.9 Å². The minimum atomic E-state index is -1.21. The molecule has 118 valence electrons. The van der Waals surface area contributed by atoms with Crippen molar-refractivity contribution in [3.8, 4) is 16.9 Å². The molecule has 0 bridgehead atoms. The van der Waals surface area contributed by atoms with Crippen molar-refractivity contribution in [2.24, 2.45) is 0 Å². The number of rotatable bonds is 3. The van der Waals surface area contributed by atoms with Gasteiger partial charge in [-0.2, -0.15) is 0 Å². The molecule has 0 spiro atoms. The smallest absolute Gasteiger partial charge is 0.346 e. The summed E-state index contributed by atoms with van der Waals surface area (Å²) in [6.07, 6.45) is 0. The third-order valence-corrected chi connectivity index (χ3v) is 4.81. The second-order valence-electron chi connectivity index (χ2n) is 4.69. The lowest BCUT2D eigenvalue weighted by atomic mass is 10.0. The first-order chi connectivity index (χ1) is 10.9. The van der Waals surface area contributed by atoms with Gasteiger partial charge in [-0.15, -0.1) is 11.3 Å². The molecule has 0 aliphatic carbocycles. The van der Waals surface area contributed by atoms with Gasteiger partial charge in [0.25, 0.3) is 0 Å². The first-order valence-corrected chi connectivity index (χ1v) is 7.61. The van der Waals surface area contributed by atoms with E-state index in [0.717, 1.165) is 11.3 Å². The van der Waals surface area contributed by atoms with Gasteiger partial charge in [-0.1, -0.05) is 11.6 Å². The van der Waals surface area contributed by atoms with Crippen molar-refractivity contribution >= 4 is 39.0 Å². The van der Waals surface area contributed by atoms with Crippen molar-refractivity contribution in [2.45, 2.75) is 0 Å². The first kappa shape index (κ1) is 15.7. The molecule has 0 aliphatic rings. The molecule has 3 nitrogen and oxygen atoms in total. The number of carboxylic acid groups (broad SMARTS) is 1. The summed E-state index contributed by atoms with van der Waals surface area (Å²) < 4.78 is 33.4. The molecular formula is C16H9ClF2O3S. The van der Waals surface area contributed by atoms with Crippen LogP contribution in [0.25, 0.3) is 21.2 Å². The van der Waals surface area contributed by atoms with Gasteiger partial charge in [-0.3, -0.25) is 0 Å². The topological polar surface area (TPSA) is 46.5 Å². The largest absolute Gasteiger partial charge is 0.492 e. The number of hydrogen-bond acceptors (Lipinski definition) is 3. The lowest BCUT2D eigenvalue weighted by molar-refractivity contribution is 0.0703. The predicted octanol–water partition coefficient (Wildman–Crippen LogP) is 5.21. The van der Waals surface area contributed by atoms with Gasteiger partial charge < -0.3 is 9.84 Å². The summed E-state index contributed by atoms with van der Waals surface area (Å²) >= 11 is 6.76. The van der Waals surface area contributed by atoms with Gasteiger partial charge in [0, 0.05) is 21.2 Å². The van der Waals surface area contributed by atoms with Crippen LogP contribution in [0.15, 0.2) is 30.3 Å². The number of carbonyl (C=O) groups is 1. The van der Waals surface area contributed by atoms with Crippen molar-refractivity contribution in [1.82, 2.24) is 0 Å². The van der Waals surface area contributed by atoms with E-state index in [1.54, 1.807) is 0 Å². The van der Waals surface area contributed by atoms with Crippen LogP contribution in [0.1, 0.15) is 9.67 Å². The van der Waals surface area contributed by atoms with Gasteiger partial charge >= 0.3 is 5.97 Å². The summed E-state index contributed by atoms with van der Waals surface area (Å²) in [4.78, 5) is 11.4. The SMILES string of the molecule is COc1c(Cl)ccc(-c2c(C(=O)O)sc3cc(F)ccc23)c1F. The molecule has 2 aromatic carbocycles. The van der Waals surface area contributed by atoms with Crippen LogP contribution in [0, 0.1) is 11.6 Å². The molecule has 3 rings (SSSR count). The first-order valence-electron chi connectivity index (χ1n) is 6.41. The van der Waals surface area contributed by atoms with Crippen LogP contribution in [0.5, 0.6) is 5.75 Å². The average molecular weight is 355 g/mol. The molecule has 1 N–H and O–H groups in total. The van der Waals surface area contributed by atoms with Crippen molar-refractivity contribution in [2.75, 3.05) is 7.11 Å². The van der Waals surface area contributed by atoms with E-state index in [4.69, 9.17) is 16.3 Å². The fraction of sp³-hybridized carbons (Fsp3) is 0.0625. The lowest BCUT2D eigenvalue weighted by Crippen LogP contribution is -1.98. The van der Waals surface area contributed by atoms with Gasteiger partial charge in [0.1, 0.15) is 10.7 Å². The minimum absolute atomic E-state index is 0.0431. The predicted molar refractivity (Wildman–Crippen MR) is 85.7 cm³/mol. The van der Waals surface area contributed by atoms with Crippen LogP contribution in [0.4, 0.5) is 8.78 Å². The Morgan fingerprint density at radius 3 is 2.65 bits per heavy atom. The Kier molecular flexibility index (Phi) is 3.95. The number of aromatic carboxylic acids is 1. The van der Waals surface area contributed by atoms with Crippen LogP contribution in [-0.2, 0) is 0 Å². The number of ether oxygens (including phenoxy) is 1. The Morgan fingerprint density at radius 1 is 1.26 bits per heavy atom. The normalized spacial score (nSPS) is 11.0. The van der Waals surface area contributed by atoms with E-state index in [1.165, 1.54) is 37.4 Å². The minimum Gasteiger partial charge on any atom is -0.492 e. The Morgan fingerprint density at radius 2 is 2.00 bits per heavy atom. The maximum absolute atomic E-state index is 14.7. The van der Waals surface area contributed by atoms with E-state index in [-0.39, 0.29) is 26.8 Å². The van der Waals surface area contributed by atoms with Gasteiger partial charge in [0.15, 0.2) is 11.6 Å². The van der Waals surface area contributed by atoms with Crippen LogP contribution in [0.2, 0.25) is 5.02 Å². The highest BCUT2D eigenvalue weighted by atomic mass is 35.5. The zero-order valence-corrected chi connectivity index (χ0v) is 13.3. The van der Waals surface area contributed by atoms with Crippen molar-refractivity contribution in [3.05, 3.63) is 51.9 Å². The molecule has 7 heteroatoms. The van der Waals surface area contributed by atoms with Crippen LogP contribution in [-0.4, -0.2) is 18.2 Å². The number of thiophene rings is 1. The quantitative estimate of drug-likeness (QED) is 0.702. The molecule has 23 heavy (non-hydrogen) atoms. The van der Waals surface area contributed by atoms with E-state index in [9.17, 15) is 18.7 Å². The number of benzene rings is 2. The summed E-state index contributed by atoms with van der Waals surface area (Å²) in [6, 6.07) is 6.68. The van der Waals surface area contributed by atoms with Crippen molar-refractivity contribution in [3.63, 3.8) is 0 Å². The molecule has 0 radical (unpaired) electrons. The fourth-order valence-corrected chi connectivity index (χ4v) is 3.71. The average Bonchev–Trinajstić information content (AvgIpc) is 2.86. The highest BCUT2D eigenvalue weighted by molar-refractivity contribution is 7.21. The molecular weight excluding hydrogens is 346 g/mol. The molecule has 0 unspecified atom stereocenters. The van der Waals surface area contributed by atoms with Crippen LogP contribution in [0.3, 0.4) is 0 Å². The van der Waals surface area contributed by atoms with Gasteiger partial charge in [0.05, 0.1) is 12.1 Å². The summed E-state index contributed by atoms with van der Waals surface area (Å²) in [5, 5.41) is 9.94. The molecule has 1 aromatic heterocycles. The number of fused-ring (bicyclic) bond motifs is 1. The number of halogens is 3. The van der Waals surface area contributed by atoms with Gasteiger partial charge in [0.2, 0.25) is 0 Å². The van der Waals surface area contributed by atoms with Crippen molar-refractivity contribution in [1.29, 1.82) is 0 Å². The highest BCUT2D eigenvalue weighted by Crippen LogP contribution is 2.43. The Labute approximate surface area is 138 Å². The molecule has 0 aliphatic heterocycles. The lowest BCUT2D eigenvalue weighted by Gasteiger charge is -2.10. The molecule has 0 atom stereocenters. The van der Waals surface area contributed by atoms with E-state index in [2.05, 4.69) is 0 Å². The van der Waals surface area contributed by atoms with Gasteiger partial charge in [-0.05, 0) is 30.3 Å². The number of methoxy groups -OCH3 is 1. The third kappa shape index (κ3) is 2.54. The zero-order valence-electron chi connectivity index (χ0n) is 11.7. The summed E-state index contributed by atoms with van der Waals surface area (Å²) in [5.41, 5.74) is 0.228. The zero-order chi connectivity index (χ0) is 16.7. The second-order valence-corrected chi connectivity index (χ2v) is 6.15. The van der Waals surface area contributed by atoms with E-state index in [1.807, 2.05) is 0 Å². The summed E-state index contributed by atoms with van der Waals surface area (Å²) in [5.74, 6) is -2.63. The highest BCUT2D eigenvalue weighted by Gasteiger charge is 2.24. The fourth-order valence-electron chi connectivity index (χ4n) is 2.40. The maximum Gasteiger partial charge on any atom is 0.346 e. The van der Waals surface area contributed by atoms with E-state index in [0.29, 0.717) is 10.1 Å². The van der Waals surface area contributed by atoms with E-state index < -0.39 is 17.6 Å². The molecule has 0 amide bonds. The Hall–Kier alpha value is -2.18. The Balaban J connectivity index is 2.40. The molecule has 0 saturated heterocycles. The summed E-state index contributed by atoms with van der Waals surface area (Å²) in [6.45, 7) is 0. The monoisotopic (exact) mass is 354 g/mol. The van der Waals surface area contributed by atoms with Gasteiger partial charge in [-0.25, -0.2) is 13.6 Å². The van der Waals surface area contributed by atoms with Crippen LogP contribution < -0.4 is 4.74 Å². The molecule has 1 heterocycles. The maximum atomic E-state index is 14.7. The molecule has 0 saturated carbocycles. The van der Waals surface area contributed by atoms with Crippen molar-refractivity contribution < 1.29 is 23.4 Å². The van der Waals surface area contributed by atoms with E-state index >= 15 is 0 Å². The Bertz CT molecular complexity index is 937. The number of hydrogen-bond donors (Lipinski definition) is 1. The summed E-state index contributed by atoms with van der Waals surface area (Å²) in [7, 11) is 1.27.